The Morgan fingerprint density at radius 2 is 2.27 bits per heavy atom. The largest absolute Gasteiger partial charge is 0.465 e. The molecule has 0 amide bonds. The highest BCUT2D eigenvalue weighted by atomic mass is 127. The normalized spacial score (nSPS) is 12.6. The van der Waals surface area contributed by atoms with Crippen LogP contribution in [0.4, 0.5) is 0 Å². The third-order valence-corrected chi connectivity index (χ3v) is 2.02. The zero-order valence-corrected chi connectivity index (χ0v) is 9.26. The van der Waals surface area contributed by atoms with Gasteiger partial charge in [0.25, 0.3) is 0 Å². The van der Waals surface area contributed by atoms with E-state index in [-0.39, 0.29) is 11.9 Å². The lowest BCUT2D eigenvalue weighted by molar-refractivity contribution is -0.147. The molecular weight excluding hydrogens is 255 g/mol. The number of carbonyl (C=O) groups excluding carboxylic acids is 1. The van der Waals surface area contributed by atoms with Crippen LogP contribution in [-0.2, 0) is 9.53 Å². The Morgan fingerprint density at radius 1 is 1.64 bits per heavy atom. The zero-order valence-electron chi connectivity index (χ0n) is 7.10. The lowest BCUT2D eigenvalue weighted by Crippen LogP contribution is -2.15. The monoisotopic (exact) mass is 270 g/mol. The number of halogens is 1. The van der Waals surface area contributed by atoms with Gasteiger partial charge in [0, 0.05) is 4.43 Å². The molecule has 0 N–H and O–H groups in total. The van der Waals surface area contributed by atoms with Gasteiger partial charge < -0.3 is 4.74 Å². The Kier molecular flexibility index (Phi) is 7.01. The molecule has 0 aromatic carbocycles. The summed E-state index contributed by atoms with van der Waals surface area (Å²) in [6.45, 7) is 4.47. The van der Waals surface area contributed by atoms with Crippen molar-refractivity contribution in [3.8, 4) is 0 Å². The molecule has 0 aromatic heterocycles. The molecular formula is C8H15IO2. The molecule has 0 saturated carbocycles. The number of hydrogen-bond donors (Lipinski definition) is 0. The molecule has 66 valence electrons. The molecule has 0 aliphatic rings. The van der Waals surface area contributed by atoms with E-state index in [1.165, 1.54) is 0 Å². The van der Waals surface area contributed by atoms with Gasteiger partial charge in [-0.3, -0.25) is 4.79 Å². The van der Waals surface area contributed by atoms with Crippen molar-refractivity contribution in [3.63, 3.8) is 0 Å². The lowest BCUT2D eigenvalue weighted by atomic mass is 10.1. The highest BCUT2D eigenvalue weighted by molar-refractivity contribution is 14.1. The predicted octanol–water partition coefficient (Wildman–Crippen LogP) is 2.40. The quantitative estimate of drug-likeness (QED) is 0.435. The van der Waals surface area contributed by atoms with Crippen LogP contribution in [0, 0.1) is 5.92 Å². The van der Waals surface area contributed by atoms with Crippen LogP contribution in [-0.4, -0.2) is 17.0 Å². The van der Waals surface area contributed by atoms with Gasteiger partial charge in [0.05, 0.1) is 12.5 Å². The van der Waals surface area contributed by atoms with Crippen LogP contribution in [0.15, 0.2) is 0 Å². The van der Waals surface area contributed by atoms with E-state index in [4.69, 9.17) is 4.74 Å². The molecule has 0 radical (unpaired) electrons. The zero-order chi connectivity index (χ0) is 8.69. The Hall–Kier alpha value is 0.200. The number of carbonyl (C=O) groups is 1. The highest BCUT2D eigenvalue weighted by Crippen LogP contribution is 2.06. The van der Waals surface area contributed by atoms with Crippen molar-refractivity contribution in [1.82, 2.24) is 0 Å². The summed E-state index contributed by atoms with van der Waals surface area (Å²) in [6.07, 6.45) is 1.83. The summed E-state index contributed by atoms with van der Waals surface area (Å²) >= 11 is 2.27. The first-order valence-corrected chi connectivity index (χ1v) is 5.47. The van der Waals surface area contributed by atoms with Crippen molar-refractivity contribution < 1.29 is 9.53 Å². The van der Waals surface area contributed by atoms with Crippen LogP contribution in [0.5, 0.6) is 0 Å². The Balaban J connectivity index is 3.47. The minimum absolute atomic E-state index is 0.0523. The van der Waals surface area contributed by atoms with Gasteiger partial charge in [0.2, 0.25) is 0 Å². The average molecular weight is 270 g/mol. The van der Waals surface area contributed by atoms with Crippen molar-refractivity contribution >= 4 is 28.6 Å². The number of alkyl halides is 1. The van der Waals surface area contributed by atoms with E-state index in [0.29, 0.717) is 6.61 Å². The summed E-state index contributed by atoms with van der Waals surface area (Å²) in [4.78, 5) is 11.1. The highest BCUT2D eigenvalue weighted by Gasteiger charge is 2.12. The first-order chi connectivity index (χ1) is 5.22. The van der Waals surface area contributed by atoms with Crippen LogP contribution < -0.4 is 0 Å². The van der Waals surface area contributed by atoms with Crippen LogP contribution >= 0.6 is 22.6 Å². The fourth-order valence-electron chi connectivity index (χ4n) is 0.626. The van der Waals surface area contributed by atoms with Crippen molar-refractivity contribution in [1.29, 1.82) is 0 Å². The van der Waals surface area contributed by atoms with Gasteiger partial charge in [-0.05, 0) is 12.8 Å². The third kappa shape index (κ3) is 5.47. The van der Waals surface area contributed by atoms with Gasteiger partial charge in [0.1, 0.15) is 0 Å². The molecule has 0 heterocycles. The molecule has 11 heavy (non-hydrogen) atoms. The van der Waals surface area contributed by atoms with Gasteiger partial charge in [0.15, 0.2) is 0 Å². The Bertz CT molecular complexity index is 115. The van der Waals surface area contributed by atoms with E-state index in [2.05, 4.69) is 22.6 Å². The maximum atomic E-state index is 11.1. The standard InChI is InChI=1S/C8H15IO2/c1-3-6-11-8(10)7(2)4-5-9/h7H,3-6H2,1-2H3. The third-order valence-electron chi connectivity index (χ3n) is 1.39. The second kappa shape index (κ2) is 6.88. The lowest BCUT2D eigenvalue weighted by Gasteiger charge is -2.08. The molecule has 0 spiro atoms. The molecule has 0 fully saturated rings. The number of hydrogen-bond acceptors (Lipinski definition) is 2. The summed E-state index contributed by atoms with van der Waals surface area (Å²) in [5.74, 6) is 0.0157. The average Bonchev–Trinajstić information content (AvgIpc) is 2.00. The molecule has 0 bridgehead atoms. The number of rotatable bonds is 5. The fourth-order valence-corrected chi connectivity index (χ4v) is 1.56. The van der Waals surface area contributed by atoms with Gasteiger partial charge >= 0.3 is 5.97 Å². The van der Waals surface area contributed by atoms with Gasteiger partial charge in [-0.15, -0.1) is 0 Å². The fraction of sp³-hybridized carbons (Fsp3) is 0.875. The summed E-state index contributed by atoms with van der Waals surface area (Å²) in [6, 6.07) is 0. The van der Waals surface area contributed by atoms with Crippen LogP contribution in [0.3, 0.4) is 0 Å². The van der Waals surface area contributed by atoms with E-state index in [0.717, 1.165) is 17.3 Å². The molecule has 1 atom stereocenters. The molecule has 0 aliphatic carbocycles. The number of ether oxygens (including phenoxy) is 1. The first-order valence-electron chi connectivity index (χ1n) is 3.95. The minimum Gasteiger partial charge on any atom is -0.465 e. The molecule has 2 nitrogen and oxygen atoms in total. The van der Waals surface area contributed by atoms with Crippen LogP contribution in [0.25, 0.3) is 0 Å². The summed E-state index contributed by atoms with van der Waals surface area (Å²) in [5, 5.41) is 0. The van der Waals surface area contributed by atoms with Gasteiger partial charge in [-0.2, -0.15) is 0 Å². The van der Waals surface area contributed by atoms with Gasteiger partial charge in [-0.25, -0.2) is 0 Å². The van der Waals surface area contributed by atoms with E-state index in [1.807, 2.05) is 13.8 Å². The second-order valence-electron chi connectivity index (χ2n) is 2.55. The maximum absolute atomic E-state index is 11.1. The Morgan fingerprint density at radius 3 is 2.73 bits per heavy atom. The van der Waals surface area contributed by atoms with Crippen LogP contribution in [0.2, 0.25) is 0 Å². The molecule has 3 heteroatoms. The SMILES string of the molecule is CCCOC(=O)C(C)CCI. The van der Waals surface area contributed by atoms with Crippen molar-refractivity contribution in [2.75, 3.05) is 11.0 Å². The minimum atomic E-state index is -0.0523. The summed E-state index contributed by atoms with van der Waals surface area (Å²) < 4.78 is 5.98. The van der Waals surface area contributed by atoms with E-state index < -0.39 is 0 Å². The van der Waals surface area contributed by atoms with E-state index in [1.54, 1.807) is 0 Å². The van der Waals surface area contributed by atoms with E-state index in [9.17, 15) is 4.79 Å². The summed E-state index contributed by atoms with van der Waals surface area (Å²) in [7, 11) is 0. The molecule has 1 unspecified atom stereocenters. The summed E-state index contributed by atoms with van der Waals surface area (Å²) in [5.41, 5.74) is 0. The van der Waals surface area contributed by atoms with Crippen molar-refractivity contribution in [3.05, 3.63) is 0 Å². The topological polar surface area (TPSA) is 26.3 Å². The van der Waals surface area contributed by atoms with E-state index >= 15 is 0 Å². The smallest absolute Gasteiger partial charge is 0.308 e. The molecule has 0 aliphatic heterocycles. The molecule has 0 saturated heterocycles. The van der Waals surface area contributed by atoms with Crippen molar-refractivity contribution in [2.24, 2.45) is 5.92 Å². The maximum Gasteiger partial charge on any atom is 0.308 e. The van der Waals surface area contributed by atoms with Gasteiger partial charge in [-0.1, -0.05) is 36.4 Å². The molecule has 0 aromatic rings. The van der Waals surface area contributed by atoms with Crippen molar-refractivity contribution in [2.45, 2.75) is 26.7 Å². The first kappa shape index (κ1) is 11.2. The molecule has 0 rings (SSSR count). The predicted molar refractivity (Wildman–Crippen MR) is 53.9 cm³/mol. The number of esters is 1. The Labute approximate surface area is 81.8 Å². The van der Waals surface area contributed by atoms with Crippen LogP contribution in [0.1, 0.15) is 26.7 Å². The second-order valence-corrected chi connectivity index (χ2v) is 3.62.